The topological polar surface area (TPSA) is 52.1 Å². The van der Waals surface area contributed by atoms with E-state index < -0.39 is 14.5 Å². The first-order valence-electron chi connectivity index (χ1n) is 18.9. The Morgan fingerprint density at radius 3 is 1.02 bits per heavy atom. The van der Waals surface area contributed by atoms with Crippen LogP contribution in [0.1, 0.15) is 26.3 Å². The van der Waals surface area contributed by atoms with E-state index in [9.17, 15) is 0 Å². The lowest BCUT2D eigenvalue weighted by Crippen LogP contribution is -2.40. The molecule has 0 aliphatic heterocycles. The number of hydrogen-bond donors (Lipinski definition) is 0. The first-order chi connectivity index (χ1) is 28.1. The van der Waals surface area contributed by atoms with Crippen molar-refractivity contribution in [2.24, 2.45) is 0 Å². The summed E-state index contributed by atoms with van der Waals surface area (Å²) in [6, 6.07) is 73.2. The largest absolute Gasteiger partial charge is 0.430 e. The van der Waals surface area contributed by atoms with E-state index in [0.29, 0.717) is 22.0 Å². The maximum Gasteiger partial charge on any atom is 0.251 e. The minimum absolute atomic E-state index is 0. The van der Waals surface area contributed by atoms with Crippen LogP contribution in [0, 0.1) is 13.8 Å². The second kappa shape index (κ2) is 18.0. The molecule has 0 atom stereocenters. The van der Waals surface area contributed by atoms with Gasteiger partial charge in [0.25, 0.3) is 10.9 Å². The van der Waals surface area contributed by atoms with Gasteiger partial charge in [0, 0.05) is 12.5 Å². The lowest BCUT2D eigenvalue weighted by atomic mass is 10.1. The third-order valence-corrected chi connectivity index (χ3v) is 19.8. The lowest BCUT2D eigenvalue weighted by molar-refractivity contribution is 0.437. The second-order valence-electron chi connectivity index (χ2n) is 13.8. The summed E-state index contributed by atoms with van der Waals surface area (Å²) in [5.74, 6) is 1.16. The van der Waals surface area contributed by atoms with Gasteiger partial charge in [-0.2, -0.15) is 9.97 Å². The van der Waals surface area contributed by atoms with Crippen LogP contribution < -0.4 is 42.7 Å². The van der Waals surface area contributed by atoms with Gasteiger partial charge in [0.15, 0.2) is 20.4 Å². The Morgan fingerprint density at radius 2 is 0.678 bits per heavy atom. The number of aromatic nitrogens is 2. The van der Waals surface area contributed by atoms with Crippen LogP contribution >= 0.6 is 26.3 Å². The van der Waals surface area contributed by atoms with E-state index in [4.69, 9.17) is 18.8 Å². The standard InChI is InChI=1S/C50H40N2O2P2S.2CH4/c1-37-33-35-39(36-34-37)46-52-48(56(43-27-15-6-16-28-43,44-29-17-7-18-30-44)45-31-19-8-20-32-45)50(54-46)57-49-47(51-38(2)53-49)55(40-21-9-3-10-22-40,41-23-11-4-12-24-41)42-25-13-5-14-26-42;;/h3-36H,1-2H3;2*1H4/q+2;;. The Morgan fingerprint density at radius 1 is 0.373 bits per heavy atom. The molecule has 292 valence electrons. The predicted octanol–water partition coefficient (Wildman–Crippen LogP) is 10.6. The van der Waals surface area contributed by atoms with Crippen molar-refractivity contribution in [3.05, 3.63) is 218 Å². The summed E-state index contributed by atoms with van der Waals surface area (Å²) in [5.41, 5.74) is 3.87. The molecule has 0 fully saturated rings. The summed E-state index contributed by atoms with van der Waals surface area (Å²) in [4.78, 5) is 10.9. The van der Waals surface area contributed by atoms with Crippen LogP contribution in [0.15, 0.2) is 225 Å². The number of rotatable bonds is 11. The molecule has 7 aromatic carbocycles. The molecule has 2 heterocycles. The van der Waals surface area contributed by atoms with Gasteiger partial charge in [-0.1, -0.05) is 142 Å². The van der Waals surface area contributed by atoms with Gasteiger partial charge < -0.3 is 8.83 Å². The maximum absolute atomic E-state index is 7.11. The smallest absolute Gasteiger partial charge is 0.251 e. The van der Waals surface area contributed by atoms with Gasteiger partial charge in [-0.15, -0.1) is 0 Å². The Bertz CT molecular complexity index is 2510. The number of aryl methyl sites for hydroxylation is 2. The van der Waals surface area contributed by atoms with Crippen molar-refractivity contribution in [3.63, 3.8) is 0 Å². The molecule has 0 bridgehead atoms. The highest BCUT2D eigenvalue weighted by molar-refractivity contribution is 8.06. The summed E-state index contributed by atoms with van der Waals surface area (Å²) in [5, 5.41) is 8.49. The van der Waals surface area contributed by atoms with Gasteiger partial charge >= 0.3 is 0 Å². The Hall–Kier alpha value is -5.83. The van der Waals surface area contributed by atoms with Crippen molar-refractivity contribution >= 4 is 69.0 Å². The quantitative estimate of drug-likeness (QED) is 0.122. The molecule has 0 radical (unpaired) electrons. The highest BCUT2D eigenvalue weighted by Gasteiger charge is 2.56. The molecule has 59 heavy (non-hydrogen) atoms. The molecule has 0 saturated heterocycles. The number of nitrogens with zero attached hydrogens (tertiary/aromatic N) is 2. The average molecular weight is 827 g/mol. The molecule has 0 aliphatic rings. The number of hydrogen-bond acceptors (Lipinski definition) is 5. The molecular weight excluding hydrogens is 779 g/mol. The van der Waals surface area contributed by atoms with Gasteiger partial charge in [0.1, 0.15) is 31.8 Å². The van der Waals surface area contributed by atoms with Crippen molar-refractivity contribution in [2.45, 2.75) is 38.9 Å². The SMILES string of the molecule is C.C.Cc1ccc(-c2nc([P+](c3ccccc3)(c3ccccc3)c3ccccc3)c(Sc3oc(C)nc3[P+](c3ccccc3)(c3ccccc3)c3ccccc3)o2)cc1. The average Bonchev–Trinajstić information content (AvgIpc) is 3.87. The van der Waals surface area contributed by atoms with E-state index in [0.717, 1.165) is 16.4 Å². The van der Waals surface area contributed by atoms with E-state index in [-0.39, 0.29) is 14.9 Å². The first kappa shape index (κ1) is 41.3. The summed E-state index contributed by atoms with van der Waals surface area (Å²) in [7, 11) is -5.32. The predicted molar refractivity (Wildman–Crippen MR) is 255 cm³/mol. The third-order valence-electron chi connectivity index (χ3n) is 10.2. The van der Waals surface area contributed by atoms with Crippen LogP contribution in [-0.2, 0) is 0 Å². The molecule has 0 amide bonds. The van der Waals surface area contributed by atoms with E-state index >= 15 is 0 Å². The van der Waals surface area contributed by atoms with E-state index in [1.54, 1.807) is 0 Å². The van der Waals surface area contributed by atoms with Crippen LogP contribution in [0.4, 0.5) is 0 Å². The van der Waals surface area contributed by atoms with Gasteiger partial charge in [0.05, 0.1) is 0 Å². The third kappa shape index (κ3) is 7.52. The van der Waals surface area contributed by atoms with Crippen LogP contribution in [-0.4, -0.2) is 9.97 Å². The Kier molecular flexibility index (Phi) is 12.6. The fourth-order valence-corrected chi connectivity index (χ4v) is 17.7. The van der Waals surface area contributed by atoms with Crippen LogP contribution in [0.2, 0.25) is 0 Å². The molecule has 9 aromatic rings. The fourth-order valence-electron chi connectivity index (χ4n) is 7.69. The van der Waals surface area contributed by atoms with E-state index in [1.165, 1.54) is 49.2 Å². The minimum atomic E-state index is -2.69. The van der Waals surface area contributed by atoms with Crippen molar-refractivity contribution in [3.8, 4) is 11.5 Å². The molecular formula is C52H48N2O2P2S+2. The van der Waals surface area contributed by atoms with Crippen molar-refractivity contribution < 1.29 is 8.83 Å². The molecule has 0 N–H and O–H groups in total. The minimum Gasteiger partial charge on any atom is -0.430 e. The molecule has 0 unspecified atom stereocenters. The van der Waals surface area contributed by atoms with Crippen molar-refractivity contribution in [2.75, 3.05) is 0 Å². The lowest BCUT2D eigenvalue weighted by Gasteiger charge is -2.26. The Labute approximate surface area is 354 Å². The molecule has 9 rings (SSSR count). The summed E-state index contributed by atoms with van der Waals surface area (Å²) in [6.45, 7) is 4.04. The molecule has 7 heteroatoms. The van der Waals surface area contributed by atoms with Gasteiger partial charge in [-0.3, -0.25) is 0 Å². The summed E-state index contributed by atoms with van der Waals surface area (Å²) < 4.78 is 13.9. The normalized spacial score (nSPS) is 11.4. The van der Waals surface area contributed by atoms with Crippen molar-refractivity contribution in [1.82, 2.24) is 9.97 Å². The van der Waals surface area contributed by atoms with Gasteiger partial charge in [0.2, 0.25) is 16.1 Å². The van der Waals surface area contributed by atoms with Gasteiger partial charge in [-0.05, 0) is 104 Å². The second-order valence-corrected chi connectivity index (χ2v) is 21.4. The monoisotopic (exact) mass is 826 g/mol. The molecule has 0 saturated carbocycles. The highest BCUT2D eigenvalue weighted by atomic mass is 32.2. The summed E-state index contributed by atoms with van der Waals surface area (Å²) >= 11 is 1.50. The molecule has 0 aliphatic carbocycles. The van der Waals surface area contributed by atoms with E-state index in [2.05, 4.69) is 213 Å². The number of oxazole rings is 2. The fraction of sp³-hybridized carbons (Fsp3) is 0.0769. The zero-order valence-corrected chi connectivity index (χ0v) is 34.2. The van der Waals surface area contributed by atoms with Crippen LogP contribution in [0.5, 0.6) is 0 Å². The molecule has 4 nitrogen and oxygen atoms in total. The zero-order valence-electron chi connectivity index (χ0n) is 31.6. The number of benzene rings is 7. The summed E-state index contributed by atoms with van der Waals surface area (Å²) in [6.07, 6.45) is 0. The zero-order chi connectivity index (χ0) is 38.7. The Balaban J connectivity index is 0.00000264. The van der Waals surface area contributed by atoms with Gasteiger partial charge in [-0.25, -0.2) is 0 Å². The first-order valence-corrected chi connectivity index (χ1v) is 23.3. The van der Waals surface area contributed by atoms with Crippen LogP contribution in [0.25, 0.3) is 11.5 Å². The molecule has 2 aromatic heterocycles. The highest BCUT2D eigenvalue weighted by Crippen LogP contribution is 2.59. The van der Waals surface area contributed by atoms with Crippen molar-refractivity contribution in [1.29, 1.82) is 0 Å². The van der Waals surface area contributed by atoms with Crippen LogP contribution in [0.3, 0.4) is 0 Å². The van der Waals surface area contributed by atoms with E-state index in [1.807, 2.05) is 6.92 Å². The maximum atomic E-state index is 7.11. The molecule has 0 spiro atoms.